The van der Waals surface area contributed by atoms with E-state index in [0.29, 0.717) is 155 Å². The molecule has 0 saturated heterocycles. The van der Waals surface area contributed by atoms with Crippen molar-refractivity contribution < 1.29 is 105 Å². The van der Waals surface area contributed by atoms with Gasteiger partial charge in [0.1, 0.15) is 6.10 Å². The number of aliphatic carboxylic acids is 1. The predicted octanol–water partition coefficient (Wildman–Crippen LogP) is 3.01. The van der Waals surface area contributed by atoms with E-state index in [1.165, 1.54) is 35.5 Å². The fraction of sp³-hybridized carbons (Fsp3) is 0.656. The zero-order valence-electron chi connectivity index (χ0n) is 52.2. The highest BCUT2D eigenvalue weighted by Gasteiger charge is 2.39. The molecule has 2 atom stereocenters. The van der Waals surface area contributed by atoms with E-state index in [4.69, 9.17) is 71.4 Å². The monoisotopic (exact) mass is 1310 g/mol. The highest BCUT2D eigenvalue weighted by molar-refractivity contribution is 8.08. The van der Waals surface area contributed by atoms with Gasteiger partial charge in [-0.3, -0.25) is 38.5 Å². The molecular formula is C61H95N5O22S2. The quantitative estimate of drug-likeness (QED) is 0.0361. The Morgan fingerprint density at radius 3 is 1.27 bits per heavy atom. The van der Waals surface area contributed by atoms with Gasteiger partial charge in [0.05, 0.1) is 188 Å². The van der Waals surface area contributed by atoms with Gasteiger partial charge in [0.2, 0.25) is 17.7 Å². The van der Waals surface area contributed by atoms with Crippen LogP contribution in [0.25, 0.3) is 0 Å². The van der Waals surface area contributed by atoms with E-state index in [1.807, 2.05) is 60.7 Å². The van der Waals surface area contributed by atoms with Crippen molar-refractivity contribution in [3.8, 4) is 0 Å². The number of amides is 6. The van der Waals surface area contributed by atoms with Crippen LogP contribution in [0.2, 0.25) is 0 Å². The number of ether oxygens (including phenoxy) is 14. The Morgan fingerprint density at radius 2 is 0.822 bits per heavy atom. The minimum atomic E-state index is -0.990. The third-order valence-electron chi connectivity index (χ3n) is 12.2. The number of nitrogens with one attached hydrogen (secondary N) is 4. The van der Waals surface area contributed by atoms with Crippen molar-refractivity contribution in [3.05, 3.63) is 70.5 Å². The Bertz CT molecular complexity index is 2220. The number of rotatable bonds is 61. The van der Waals surface area contributed by atoms with Crippen LogP contribution < -0.4 is 21.3 Å². The van der Waals surface area contributed by atoms with Crippen LogP contribution in [0.15, 0.2) is 80.3 Å². The summed E-state index contributed by atoms with van der Waals surface area (Å²) < 4.78 is 77.4. The molecule has 0 aliphatic carbocycles. The first kappa shape index (κ1) is 79.0. The van der Waals surface area contributed by atoms with Crippen LogP contribution in [0, 0.1) is 0 Å². The number of unbranched alkanes of at least 4 members (excludes halogenated alkanes) is 2. The zero-order valence-corrected chi connectivity index (χ0v) is 53.8. The minimum absolute atomic E-state index is 0.0571. The van der Waals surface area contributed by atoms with E-state index < -0.39 is 24.2 Å². The average molecular weight is 1310 g/mol. The van der Waals surface area contributed by atoms with Gasteiger partial charge >= 0.3 is 5.97 Å². The Hall–Kier alpha value is -5.19. The number of methoxy groups -OCH3 is 1. The standard InChI is InChI=1S/C61H95N5O22S2/c1-49(88-47-46-77-25-23-66-60(73)57(89-50-12-6-3-7-13-50)58(61(66)74)90-51-14-8-4-9-15-51)59(72)65-55(75-2)48-87-45-44-86-43-42-85-41-40-84-39-38-83-37-36-82-35-34-81-33-32-80-31-30-79-29-28-78-27-26-76-24-19-54(69)62-20-11-5-10-16-52(67)63-21-17-53(68)64-22-18-56(70)71/h3-4,6-9,12-15,49,55H,5,10-11,16-48H2,1-2H3,(H,62,69)(H,63,67)(H,64,68)(H,65,72)(H,70,71). The highest BCUT2D eigenvalue weighted by Crippen LogP contribution is 2.42. The third-order valence-corrected chi connectivity index (χ3v) is 14.5. The lowest BCUT2D eigenvalue weighted by atomic mass is 10.2. The van der Waals surface area contributed by atoms with E-state index >= 15 is 0 Å². The lowest BCUT2D eigenvalue weighted by molar-refractivity contribution is -0.140. The highest BCUT2D eigenvalue weighted by atomic mass is 32.2. The van der Waals surface area contributed by atoms with Crippen LogP contribution in [0.1, 0.15) is 51.9 Å². The summed E-state index contributed by atoms with van der Waals surface area (Å²) >= 11 is 2.54. The lowest BCUT2D eigenvalue weighted by Gasteiger charge is -2.20. The van der Waals surface area contributed by atoms with Gasteiger partial charge in [-0.15, -0.1) is 0 Å². The van der Waals surface area contributed by atoms with Gasteiger partial charge in [-0.25, -0.2) is 0 Å². The normalized spacial score (nSPS) is 13.0. The molecule has 1 aliphatic heterocycles. The van der Waals surface area contributed by atoms with E-state index in [9.17, 15) is 33.6 Å². The summed E-state index contributed by atoms with van der Waals surface area (Å²) in [5, 5.41) is 19.3. The maximum absolute atomic E-state index is 13.5. The molecule has 6 amide bonds. The molecule has 2 unspecified atom stereocenters. The summed E-state index contributed by atoms with van der Waals surface area (Å²) in [6, 6.07) is 18.9. The smallest absolute Gasteiger partial charge is 0.305 e. The van der Waals surface area contributed by atoms with E-state index in [-0.39, 0.29) is 108 Å². The molecule has 5 N–H and O–H groups in total. The summed E-state index contributed by atoms with van der Waals surface area (Å²) in [6.07, 6.45) is 1.15. The fourth-order valence-corrected chi connectivity index (χ4v) is 9.51. The predicted molar refractivity (Wildman–Crippen MR) is 332 cm³/mol. The average Bonchev–Trinajstić information content (AvgIpc) is 1.80. The Balaban J connectivity index is 0.973. The van der Waals surface area contributed by atoms with Crippen LogP contribution in [-0.2, 0) is 99.9 Å². The second kappa shape index (κ2) is 54.4. The maximum Gasteiger partial charge on any atom is 0.305 e. The van der Waals surface area contributed by atoms with Gasteiger partial charge in [-0.2, -0.15) is 0 Å². The number of carboxylic acid groups (broad SMARTS) is 1. The van der Waals surface area contributed by atoms with Gasteiger partial charge in [0, 0.05) is 55.8 Å². The number of benzene rings is 2. The van der Waals surface area contributed by atoms with Crippen molar-refractivity contribution >= 4 is 64.9 Å². The molecule has 0 saturated carbocycles. The van der Waals surface area contributed by atoms with Crippen molar-refractivity contribution in [2.24, 2.45) is 0 Å². The molecule has 0 bridgehead atoms. The summed E-state index contributed by atoms with van der Waals surface area (Å²) in [5.74, 6) is -2.69. The Labute approximate surface area is 536 Å². The van der Waals surface area contributed by atoms with Gasteiger partial charge in [0.15, 0.2) is 6.23 Å². The van der Waals surface area contributed by atoms with Crippen molar-refractivity contribution in [3.63, 3.8) is 0 Å². The number of thioether (sulfide) groups is 2. The molecular weight excluding hydrogens is 1220 g/mol. The Morgan fingerprint density at radius 1 is 0.444 bits per heavy atom. The first-order valence-corrected chi connectivity index (χ1v) is 32.1. The van der Waals surface area contributed by atoms with Gasteiger partial charge < -0.3 is 92.7 Å². The molecule has 29 heteroatoms. The van der Waals surface area contributed by atoms with Gasteiger partial charge in [-0.05, 0) is 44.0 Å². The molecule has 90 heavy (non-hydrogen) atoms. The third kappa shape index (κ3) is 41.3. The molecule has 3 rings (SSSR count). The van der Waals surface area contributed by atoms with Crippen molar-refractivity contribution in [2.45, 2.75) is 74.0 Å². The molecule has 0 spiro atoms. The number of carbonyl (C=O) groups is 7. The van der Waals surface area contributed by atoms with Crippen LogP contribution in [0.5, 0.6) is 0 Å². The van der Waals surface area contributed by atoms with E-state index in [2.05, 4.69) is 21.3 Å². The number of hydrogen-bond donors (Lipinski definition) is 5. The first-order valence-electron chi connectivity index (χ1n) is 30.4. The molecule has 0 radical (unpaired) electrons. The summed E-state index contributed by atoms with van der Waals surface area (Å²) in [6.45, 7) is 11.3. The number of carboxylic acids is 1. The van der Waals surface area contributed by atoms with Gasteiger partial charge in [0.25, 0.3) is 17.7 Å². The summed E-state index contributed by atoms with van der Waals surface area (Å²) in [4.78, 5) is 89.3. The van der Waals surface area contributed by atoms with Crippen LogP contribution in [-0.4, -0.2) is 262 Å². The fourth-order valence-electron chi connectivity index (χ4n) is 7.45. The lowest BCUT2D eigenvalue weighted by Crippen LogP contribution is -2.45. The van der Waals surface area contributed by atoms with Crippen LogP contribution in [0.3, 0.4) is 0 Å². The summed E-state index contributed by atoms with van der Waals surface area (Å²) in [7, 11) is 1.46. The minimum Gasteiger partial charge on any atom is -0.481 e. The molecule has 508 valence electrons. The van der Waals surface area contributed by atoms with Crippen molar-refractivity contribution in [1.29, 1.82) is 0 Å². The molecule has 0 aromatic heterocycles. The van der Waals surface area contributed by atoms with Crippen molar-refractivity contribution in [1.82, 2.24) is 26.2 Å². The second-order valence-electron chi connectivity index (χ2n) is 19.3. The zero-order chi connectivity index (χ0) is 64.8. The maximum atomic E-state index is 13.5. The van der Waals surface area contributed by atoms with Crippen LogP contribution >= 0.6 is 23.5 Å². The molecule has 2 aromatic rings. The number of hydrogen-bond acceptors (Lipinski definition) is 23. The first-order chi connectivity index (χ1) is 44.0. The number of carbonyl (C=O) groups excluding carboxylic acids is 6. The molecule has 1 aliphatic rings. The van der Waals surface area contributed by atoms with E-state index in [0.717, 1.165) is 22.6 Å². The largest absolute Gasteiger partial charge is 0.481 e. The Kier molecular flexibility index (Phi) is 47.8. The molecule has 2 aromatic carbocycles. The second-order valence-corrected chi connectivity index (χ2v) is 21.5. The number of nitrogens with zero attached hydrogens (tertiary/aromatic N) is 1. The van der Waals surface area contributed by atoms with Gasteiger partial charge in [-0.1, -0.05) is 66.3 Å². The van der Waals surface area contributed by atoms with Crippen molar-refractivity contribution in [2.75, 3.05) is 198 Å². The molecule has 0 fully saturated rings. The topological polar surface area (TPSA) is 320 Å². The SMILES string of the molecule is COC(COCCOCCOCCOCCOCCOCCOCCOCCOCCOCCOCCC(=O)NCCCCCC(=O)NCCC(=O)NCCC(=O)O)NC(=O)C(C)OCCOCCN1C(=O)C(Sc2ccccc2)=C(Sc2ccccc2)C1=O. The number of imide groups is 1. The van der Waals surface area contributed by atoms with Crippen LogP contribution in [0.4, 0.5) is 0 Å². The summed E-state index contributed by atoms with van der Waals surface area (Å²) in [5.41, 5.74) is 0. The molecule has 27 nitrogen and oxygen atoms in total. The molecule has 1 heterocycles. The van der Waals surface area contributed by atoms with E-state index in [1.54, 1.807) is 6.92 Å².